The van der Waals surface area contributed by atoms with Crippen LogP contribution < -0.4 is 10.6 Å². The molecule has 2 atom stereocenters. The monoisotopic (exact) mass is 355 g/mol. The van der Waals surface area contributed by atoms with Crippen LogP contribution in [-0.2, 0) is 4.79 Å². The molecule has 1 saturated heterocycles. The summed E-state index contributed by atoms with van der Waals surface area (Å²) in [5, 5.41) is 15.3. The molecule has 1 amide bonds. The SMILES string of the molecule is Cc1[nH]c(C(=O)N[C@H]2CCNC[C@H]2C(=O)O)c(Cl)c1Cl.Cl. The Morgan fingerprint density at radius 3 is 2.52 bits per heavy atom. The molecule has 6 nitrogen and oxygen atoms in total. The van der Waals surface area contributed by atoms with Gasteiger partial charge < -0.3 is 20.7 Å². The summed E-state index contributed by atoms with van der Waals surface area (Å²) in [6, 6.07) is -0.431. The number of carbonyl (C=O) groups excluding carboxylic acids is 1. The Balaban J connectivity index is 0.00000220. The molecule has 9 heteroatoms. The molecule has 0 bridgehead atoms. The zero-order valence-corrected chi connectivity index (χ0v) is 13.5. The van der Waals surface area contributed by atoms with Gasteiger partial charge in [-0.3, -0.25) is 9.59 Å². The minimum Gasteiger partial charge on any atom is -0.481 e. The van der Waals surface area contributed by atoms with Crippen molar-refractivity contribution in [1.82, 2.24) is 15.6 Å². The number of carboxylic acids is 1. The molecule has 1 aliphatic rings. The van der Waals surface area contributed by atoms with E-state index in [1.54, 1.807) is 6.92 Å². The second-order valence-corrected chi connectivity index (χ2v) is 5.53. The number of piperidine rings is 1. The molecule has 118 valence electrons. The van der Waals surface area contributed by atoms with Gasteiger partial charge in [0.1, 0.15) is 5.69 Å². The fourth-order valence-corrected chi connectivity index (χ4v) is 2.68. The average molecular weight is 357 g/mol. The van der Waals surface area contributed by atoms with E-state index >= 15 is 0 Å². The van der Waals surface area contributed by atoms with E-state index in [2.05, 4.69) is 15.6 Å². The van der Waals surface area contributed by atoms with Crippen molar-refractivity contribution < 1.29 is 14.7 Å². The van der Waals surface area contributed by atoms with Gasteiger partial charge >= 0.3 is 5.97 Å². The van der Waals surface area contributed by atoms with Crippen molar-refractivity contribution in [2.24, 2.45) is 5.92 Å². The van der Waals surface area contributed by atoms with Crippen LogP contribution in [0.15, 0.2) is 0 Å². The highest BCUT2D eigenvalue weighted by atomic mass is 35.5. The van der Waals surface area contributed by atoms with Gasteiger partial charge in [-0.05, 0) is 19.9 Å². The Kier molecular flexibility index (Phi) is 6.34. The number of hydrogen-bond donors (Lipinski definition) is 4. The third kappa shape index (κ3) is 3.83. The maximum absolute atomic E-state index is 12.2. The van der Waals surface area contributed by atoms with E-state index in [-0.39, 0.29) is 23.1 Å². The largest absolute Gasteiger partial charge is 0.481 e. The van der Waals surface area contributed by atoms with Crippen LogP contribution in [0.3, 0.4) is 0 Å². The third-order valence-electron chi connectivity index (χ3n) is 3.40. The Labute approximate surface area is 138 Å². The van der Waals surface area contributed by atoms with Crippen molar-refractivity contribution in [3.05, 3.63) is 21.4 Å². The Hall–Kier alpha value is -0.950. The first-order valence-electron chi connectivity index (χ1n) is 6.19. The molecular weight excluding hydrogens is 341 g/mol. The van der Waals surface area contributed by atoms with E-state index < -0.39 is 23.8 Å². The zero-order chi connectivity index (χ0) is 14.9. The summed E-state index contributed by atoms with van der Waals surface area (Å²) in [4.78, 5) is 26.1. The maximum atomic E-state index is 12.2. The van der Waals surface area contributed by atoms with Gasteiger partial charge in [0.25, 0.3) is 5.91 Å². The van der Waals surface area contributed by atoms with Crippen LogP contribution in [0.1, 0.15) is 22.6 Å². The molecule has 2 heterocycles. The first-order chi connectivity index (χ1) is 9.41. The van der Waals surface area contributed by atoms with E-state index in [9.17, 15) is 9.59 Å². The second kappa shape index (κ2) is 7.35. The third-order valence-corrected chi connectivity index (χ3v) is 4.34. The van der Waals surface area contributed by atoms with Crippen molar-refractivity contribution in [3.8, 4) is 0 Å². The molecule has 21 heavy (non-hydrogen) atoms. The summed E-state index contributed by atoms with van der Waals surface area (Å²) in [6.07, 6.45) is 0.549. The van der Waals surface area contributed by atoms with Crippen molar-refractivity contribution >= 4 is 47.5 Å². The van der Waals surface area contributed by atoms with Gasteiger partial charge in [0.05, 0.1) is 16.0 Å². The number of nitrogens with one attached hydrogen (secondary N) is 3. The summed E-state index contributed by atoms with van der Waals surface area (Å²) >= 11 is 11.9. The number of hydrogen-bond acceptors (Lipinski definition) is 3. The number of aliphatic carboxylic acids is 1. The van der Waals surface area contributed by atoms with E-state index in [4.69, 9.17) is 28.3 Å². The summed E-state index contributed by atoms with van der Waals surface area (Å²) < 4.78 is 0. The van der Waals surface area contributed by atoms with Crippen molar-refractivity contribution in [3.63, 3.8) is 0 Å². The van der Waals surface area contributed by atoms with Crippen LogP contribution in [0.2, 0.25) is 10.0 Å². The first kappa shape index (κ1) is 18.1. The fraction of sp³-hybridized carbons (Fsp3) is 0.500. The lowest BCUT2D eigenvalue weighted by Gasteiger charge is -2.29. The predicted octanol–water partition coefficient (Wildman–Crippen LogP) is 1.84. The highest BCUT2D eigenvalue weighted by Gasteiger charge is 2.32. The number of aryl methyl sites for hydroxylation is 1. The van der Waals surface area contributed by atoms with Crippen LogP contribution in [0, 0.1) is 12.8 Å². The lowest BCUT2D eigenvalue weighted by Crippen LogP contribution is -2.52. The van der Waals surface area contributed by atoms with Gasteiger partial charge in [-0.1, -0.05) is 23.2 Å². The van der Waals surface area contributed by atoms with Crippen molar-refractivity contribution in [1.29, 1.82) is 0 Å². The van der Waals surface area contributed by atoms with Gasteiger partial charge in [0, 0.05) is 18.3 Å². The zero-order valence-electron chi connectivity index (χ0n) is 11.2. The average Bonchev–Trinajstić information content (AvgIpc) is 2.67. The van der Waals surface area contributed by atoms with Crippen LogP contribution in [0.4, 0.5) is 0 Å². The van der Waals surface area contributed by atoms with Gasteiger partial charge in [-0.15, -0.1) is 12.4 Å². The fourth-order valence-electron chi connectivity index (χ4n) is 2.26. The van der Waals surface area contributed by atoms with Crippen LogP contribution >= 0.6 is 35.6 Å². The number of carbonyl (C=O) groups is 2. The molecule has 1 aliphatic heterocycles. The molecule has 0 aliphatic carbocycles. The number of halogens is 3. The molecule has 0 spiro atoms. The molecule has 2 rings (SSSR count). The quantitative estimate of drug-likeness (QED) is 0.665. The molecule has 0 aromatic carbocycles. The van der Waals surface area contributed by atoms with Crippen LogP contribution in [0.25, 0.3) is 0 Å². The van der Waals surface area contributed by atoms with Crippen LogP contribution in [0.5, 0.6) is 0 Å². The molecule has 0 saturated carbocycles. The minimum absolute atomic E-state index is 0. The highest BCUT2D eigenvalue weighted by Crippen LogP contribution is 2.29. The van der Waals surface area contributed by atoms with E-state index in [1.165, 1.54) is 0 Å². The smallest absolute Gasteiger partial charge is 0.309 e. The minimum atomic E-state index is -0.936. The molecule has 1 aromatic heterocycles. The van der Waals surface area contributed by atoms with E-state index in [1.807, 2.05) is 0 Å². The maximum Gasteiger partial charge on any atom is 0.309 e. The van der Waals surface area contributed by atoms with Gasteiger partial charge in [-0.25, -0.2) is 0 Å². The van der Waals surface area contributed by atoms with Crippen LogP contribution in [-0.4, -0.2) is 41.1 Å². The molecule has 1 aromatic rings. The Bertz CT molecular complexity index is 547. The molecular formula is C12H16Cl3N3O3. The summed E-state index contributed by atoms with van der Waals surface area (Å²) in [5.74, 6) is -2.03. The van der Waals surface area contributed by atoms with Gasteiger partial charge in [0.2, 0.25) is 0 Å². The topological polar surface area (TPSA) is 94.2 Å². The van der Waals surface area contributed by atoms with E-state index in [0.717, 1.165) is 0 Å². The molecule has 0 radical (unpaired) electrons. The number of carboxylic acid groups (broad SMARTS) is 1. The van der Waals surface area contributed by atoms with Gasteiger partial charge in [0.15, 0.2) is 0 Å². The normalized spacial score (nSPS) is 21.5. The standard InChI is InChI=1S/C12H15Cl2N3O3.ClH/c1-5-8(13)9(14)10(16-5)11(18)17-7-2-3-15-4-6(7)12(19)20;/h6-7,15-16H,2-4H2,1H3,(H,17,18)(H,19,20);1H/t6-,7+;/m1./s1. The van der Waals surface area contributed by atoms with Crippen molar-refractivity contribution in [2.75, 3.05) is 13.1 Å². The van der Waals surface area contributed by atoms with Crippen molar-refractivity contribution in [2.45, 2.75) is 19.4 Å². The summed E-state index contributed by atoms with van der Waals surface area (Å²) in [7, 11) is 0. The molecule has 4 N–H and O–H groups in total. The van der Waals surface area contributed by atoms with E-state index in [0.29, 0.717) is 30.2 Å². The highest BCUT2D eigenvalue weighted by molar-refractivity contribution is 6.44. The lowest BCUT2D eigenvalue weighted by atomic mass is 9.93. The Morgan fingerprint density at radius 1 is 1.33 bits per heavy atom. The Morgan fingerprint density at radius 2 is 2.00 bits per heavy atom. The summed E-state index contributed by atoms with van der Waals surface area (Å²) in [5.41, 5.74) is 0.763. The lowest BCUT2D eigenvalue weighted by molar-refractivity contribution is -0.143. The number of amides is 1. The summed E-state index contributed by atoms with van der Waals surface area (Å²) in [6.45, 7) is 2.70. The van der Waals surface area contributed by atoms with Gasteiger partial charge in [-0.2, -0.15) is 0 Å². The second-order valence-electron chi connectivity index (χ2n) is 4.77. The number of rotatable bonds is 3. The number of aromatic amines is 1. The molecule has 1 fully saturated rings. The number of H-pyrrole nitrogens is 1. The first-order valence-corrected chi connectivity index (χ1v) is 6.95. The number of aromatic nitrogens is 1. The predicted molar refractivity (Wildman–Crippen MR) is 82.7 cm³/mol. The molecule has 0 unspecified atom stereocenters.